The molecule has 28 heavy (non-hydrogen) atoms. The van der Waals surface area contributed by atoms with Gasteiger partial charge in [-0.3, -0.25) is 14.7 Å². The van der Waals surface area contributed by atoms with Gasteiger partial charge in [-0.25, -0.2) is 18.7 Å². The summed E-state index contributed by atoms with van der Waals surface area (Å²) in [6.07, 6.45) is 4.29. The molecule has 0 bridgehead atoms. The molecule has 2 heterocycles. The van der Waals surface area contributed by atoms with E-state index in [-0.39, 0.29) is 29.5 Å². The monoisotopic (exact) mass is 427 g/mol. The topological polar surface area (TPSA) is 62.2 Å². The molecule has 1 aromatic carbocycles. The van der Waals surface area contributed by atoms with Gasteiger partial charge in [0.1, 0.15) is 17.0 Å². The zero-order valence-corrected chi connectivity index (χ0v) is 17.1. The number of benzene rings is 1. The van der Waals surface area contributed by atoms with E-state index in [0.29, 0.717) is 22.9 Å². The van der Waals surface area contributed by atoms with Crippen molar-refractivity contribution >= 4 is 45.0 Å². The van der Waals surface area contributed by atoms with Gasteiger partial charge in [0.25, 0.3) is 5.91 Å². The van der Waals surface area contributed by atoms with E-state index in [1.54, 1.807) is 0 Å². The van der Waals surface area contributed by atoms with Crippen LogP contribution in [0.2, 0.25) is 0 Å². The SMILES string of the molecule is CCN(CC)CCN(C(=O)c1cnccn1)c1nc2c(F)cc(F)cc2s1.Cl. The van der Waals surface area contributed by atoms with Crippen LogP contribution in [0.1, 0.15) is 24.3 Å². The Morgan fingerprint density at radius 2 is 1.89 bits per heavy atom. The molecule has 150 valence electrons. The van der Waals surface area contributed by atoms with Crippen molar-refractivity contribution in [2.45, 2.75) is 13.8 Å². The van der Waals surface area contributed by atoms with E-state index < -0.39 is 11.6 Å². The lowest BCUT2D eigenvalue weighted by Crippen LogP contribution is -2.39. The predicted octanol–water partition coefficient (Wildman–Crippen LogP) is 3.77. The summed E-state index contributed by atoms with van der Waals surface area (Å²) >= 11 is 1.07. The fourth-order valence-electron chi connectivity index (χ4n) is 2.67. The standard InChI is InChI=1S/C18H19F2N5OS.ClH/c1-3-24(4-2)7-8-25(17(26)14-11-21-5-6-22-14)18-23-16-13(20)9-12(19)10-15(16)27-18;/h5-6,9-11H,3-4,7-8H2,1-2H3;1H. The number of hydrogen-bond donors (Lipinski definition) is 0. The summed E-state index contributed by atoms with van der Waals surface area (Å²) in [5.41, 5.74) is 0.221. The zero-order chi connectivity index (χ0) is 19.4. The Morgan fingerprint density at radius 3 is 2.54 bits per heavy atom. The van der Waals surface area contributed by atoms with Crippen LogP contribution in [-0.4, -0.2) is 51.9 Å². The zero-order valence-electron chi connectivity index (χ0n) is 15.4. The molecule has 0 saturated carbocycles. The number of anilines is 1. The first-order valence-electron chi connectivity index (χ1n) is 8.59. The van der Waals surface area contributed by atoms with Crippen LogP contribution < -0.4 is 4.90 Å². The maximum Gasteiger partial charge on any atom is 0.280 e. The molecule has 2 aromatic heterocycles. The molecule has 0 unspecified atom stereocenters. The average Bonchev–Trinajstić information content (AvgIpc) is 3.09. The molecule has 3 aromatic rings. The first kappa shape index (κ1) is 22.1. The summed E-state index contributed by atoms with van der Waals surface area (Å²) in [7, 11) is 0. The third-order valence-corrected chi connectivity index (χ3v) is 5.22. The normalized spacial score (nSPS) is 10.9. The molecular formula is C18H20ClF2N5OS. The summed E-state index contributed by atoms with van der Waals surface area (Å²) in [6.45, 7) is 6.71. The minimum absolute atomic E-state index is 0. The molecule has 0 aliphatic heterocycles. The Hall–Kier alpha value is -2.23. The van der Waals surface area contributed by atoms with Crippen molar-refractivity contribution in [3.8, 4) is 0 Å². The minimum atomic E-state index is -0.747. The number of likely N-dealkylation sites (N-methyl/N-ethyl adjacent to an activating group) is 1. The number of nitrogens with zero attached hydrogens (tertiary/aromatic N) is 5. The Labute approximate surface area is 171 Å². The van der Waals surface area contributed by atoms with Crippen molar-refractivity contribution in [2.75, 3.05) is 31.1 Å². The van der Waals surface area contributed by atoms with Crippen molar-refractivity contribution in [3.63, 3.8) is 0 Å². The Morgan fingerprint density at radius 1 is 1.14 bits per heavy atom. The summed E-state index contributed by atoms with van der Waals surface area (Å²) in [5, 5.41) is 0.303. The second kappa shape index (κ2) is 9.81. The molecule has 1 amide bonds. The average molecular weight is 428 g/mol. The quantitative estimate of drug-likeness (QED) is 0.574. The second-order valence-electron chi connectivity index (χ2n) is 5.81. The molecule has 0 aliphatic carbocycles. The molecule has 0 atom stereocenters. The van der Waals surface area contributed by atoms with Crippen LogP contribution in [0.25, 0.3) is 10.2 Å². The molecule has 0 N–H and O–H groups in total. The largest absolute Gasteiger partial charge is 0.302 e. The lowest BCUT2D eigenvalue weighted by Gasteiger charge is -2.24. The van der Waals surface area contributed by atoms with Gasteiger partial charge in [-0.1, -0.05) is 25.2 Å². The molecule has 0 spiro atoms. The van der Waals surface area contributed by atoms with Gasteiger partial charge >= 0.3 is 0 Å². The van der Waals surface area contributed by atoms with Crippen LogP contribution in [0.3, 0.4) is 0 Å². The number of halogens is 3. The Balaban J connectivity index is 0.00000280. The number of amides is 1. The van der Waals surface area contributed by atoms with Gasteiger partial charge in [0.2, 0.25) is 0 Å². The first-order chi connectivity index (χ1) is 13.0. The second-order valence-corrected chi connectivity index (χ2v) is 6.81. The third kappa shape index (κ3) is 4.78. The third-order valence-electron chi connectivity index (χ3n) is 4.19. The van der Waals surface area contributed by atoms with Gasteiger partial charge in [-0.2, -0.15) is 0 Å². The lowest BCUT2D eigenvalue weighted by atomic mass is 10.3. The van der Waals surface area contributed by atoms with Crippen molar-refractivity contribution in [3.05, 3.63) is 48.1 Å². The van der Waals surface area contributed by atoms with E-state index in [9.17, 15) is 13.6 Å². The number of rotatable bonds is 7. The van der Waals surface area contributed by atoms with Crippen molar-refractivity contribution in [1.29, 1.82) is 0 Å². The highest BCUT2D eigenvalue weighted by molar-refractivity contribution is 7.22. The molecule has 0 fully saturated rings. The van der Waals surface area contributed by atoms with E-state index in [0.717, 1.165) is 30.5 Å². The van der Waals surface area contributed by atoms with E-state index in [2.05, 4.69) is 19.9 Å². The van der Waals surface area contributed by atoms with E-state index in [1.807, 2.05) is 13.8 Å². The number of carbonyl (C=O) groups excluding carboxylic acids is 1. The van der Waals surface area contributed by atoms with Gasteiger partial charge in [-0.05, 0) is 19.2 Å². The highest BCUT2D eigenvalue weighted by atomic mass is 35.5. The fourth-order valence-corrected chi connectivity index (χ4v) is 3.70. The van der Waals surface area contributed by atoms with Crippen LogP contribution in [0.15, 0.2) is 30.7 Å². The number of hydrogen-bond acceptors (Lipinski definition) is 6. The highest BCUT2D eigenvalue weighted by Gasteiger charge is 2.24. The van der Waals surface area contributed by atoms with Crippen molar-refractivity contribution in [2.24, 2.45) is 0 Å². The number of fused-ring (bicyclic) bond motifs is 1. The van der Waals surface area contributed by atoms with Crippen LogP contribution >= 0.6 is 23.7 Å². The lowest BCUT2D eigenvalue weighted by molar-refractivity contribution is 0.0978. The number of carbonyl (C=O) groups is 1. The van der Waals surface area contributed by atoms with Crippen LogP contribution in [0.4, 0.5) is 13.9 Å². The van der Waals surface area contributed by atoms with Crippen LogP contribution in [0.5, 0.6) is 0 Å². The molecule has 0 aliphatic rings. The van der Waals surface area contributed by atoms with Gasteiger partial charge in [0, 0.05) is 31.5 Å². The fraction of sp³-hybridized carbons (Fsp3) is 0.333. The van der Waals surface area contributed by atoms with E-state index >= 15 is 0 Å². The first-order valence-corrected chi connectivity index (χ1v) is 9.41. The van der Waals surface area contributed by atoms with Crippen LogP contribution in [0, 0.1) is 11.6 Å². The number of thiazole rings is 1. The Kier molecular flexibility index (Phi) is 7.73. The van der Waals surface area contributed by atoms with E-state index in [1.165, 1.54) is 29.6 Å². The highest BCUT2D eigenvalue weighted by Crippen LogP contribution is 2.31. The smallest absolute Gasteiger partial charge is 0.280 e. The van der Waals surface area contributed by atoms with Gasteiger partial charge in [0.15, 0.2) is 10.9 Å². The van der Waals surface area contributed by atoms with Crippen molar-refractivity contribution < 1.29 is 13.6 Å². The molecular weight excluding hydrogens is 408 g/mol. The Bertz CT molecular complexity index is 936. The van der Waals surface area contributed by atoms with E-state index in [4.69, 9.17) is 0 Å². The summed E-state index contributed by atoms with van der Waals surface area (Å²) in [4.78, 5) is 28.8. The van der Waals surface area contributed by atoms with Gasteiger partial charge in [-0.15, -0.1) is 12.4 Å². The minimum Gasteiger partial charge on any atom is -0.302 e. The summed E-state index contributed by atoms with van der Waals surface area (Å²) in [6, 6.07) is 2.01. The molecule has 3 rings (SSSR count). The summed E-state index contributed by atoms with van der Waals surface area (Å²) < 4.78 is 27.9. The van der Waals surface area contributed by atoms with Gasteiger partial charge in [0.05, 0.1) is 10.9 Å². The maximum atomic E-state index is 14.0. The van der Waals surface area contributed by atoms with Gasteiger partial charge < -0.3 is 4.90 Å². The molecule has 6 nitrogen and oxygen atoms in total. The molecule has 0 saturated heterocycles. The molecule has 0 radical (unpaired) electrons. The number of aromatic nitrogens is 3. The van der Waals surface area contributed by atoms with Crippen molar-refractivity contribution in [1.82, 2.24) is 19.9 Å². The maximum absolute atomic E-state index is 14.0. The molecule has 10 heteroatoms. The van der Waals surface area contributed by atoms with Crippen LogP contribution in [-0.2, 0) is 0 Å². The summed E-state index contributed by atoms with van der Waals surface area (Å²) in [5.74, 6) is -1.80. The predicted molar refractivity (Wildman–Crippen MR) is 108 cm³/mol.